The summed E-state index contributed by atoms with van der Waals surface area (Å²) in [5, 5.41) is 2.87. The van der Waals surface area contributed by atoms with Crippen LogP contribution in [0.15, 0.2) is 66.7 Å². The Kier molecular flexibility index (Phi) is 4.27. The first-order valence-electron chi connectivity index (χ1n) is 8.53. The lowest BCUT2D eigenvalue weighted by Gasteiger charge is -2.19. The normalized spacial score (nSPS) is 12.6. The van der Waals surface area contributed by atoms with Gasteiger partial charge in [0.05, 0.1) is 12.8 Å². The van der Waals surface area contributed by atoms with E-state index in [-0.39, 0.29) is 5.91 Å². The third kappa shape index (κ3) is 2.99. The monoisotopic (exact) mass is 345 g/mol. The van der Waals surface area contributed by atoms with E-state index in [0.717, 1.165) is 24.5 Å². The lowest BCUT2D eigenvalue weighted by molar-refractivity contribution is 0.102. The molecule has 0 saturated heterocycles. The number of hydrogen-bond acceptors (Lipinski definition) is 4. The number of para-hydroxylation sites is 3. The molecule has 2 aromatic carbocycles. The van der Waals surface area contributed by atoms with Crippen molar-refractivity contribution < 1.29 is 9.53 Å². The molecule has 130 valence electrons. The Balaban J connectivity index is 1.59. The van der Waals surface area contributed by atoms with Crippen molar-refractivity contribution in [2.45, 2.75) is 6.42 Å². The van der Waals surface area contributed by atoms with Crippen molar-refractivity contribution in [2.24, 2.45) is 0 Å². The molecular weight excluding hydrogens is 326 g/mol. The average molecular weight is 345 g/mol. The maximum atomic E-state index is 12.6. The van der Waals surface area contributed by atoms with Crippen molar-refractivity contribution in [2.75, 3.05) is 23.9 Å². The van der Waals surface area contributed by atoms with Crippen LogP contribution in [-0.4, -0.2) is 24.5 Å². The van der Waals surface area contributed by atoms with Gasteiger partial charge in [-0.25, -0.2) is 4.98 Å². The number of nitrogens with zero attached hydrogens (tertiary/aromatic N) is 2. The highest BCUT2D eigenvalue weighted by molar-refractivity contribution is 6.04. The molecule has 0 fully saturated rings. The highest BCUT2D eigenvalue weighted by Crippen LogP contribution is 2.33. The second-order valence-electron chi connectivity index (χ2n) is 6.07. The molecule has 0 bridgehead atoms. The van der Waals surface area contributed by atoms with E-state index in [1.807, 2.05) is 36.4 Å². The third-order valence-electron chi connectivity index (χ3n) is 4.49. The number of anilines is 3. The first kappa shape index (κ1) is 16.1. The molecule has 0 aliphatic carbocycles. The minimum atomic E-state index is -0.260. The maximum absolute atomic E-state index is 12.6. The fraction of sp³-hybridized carbons (Fsp3) is 0.143. The number of aromatic nitrogens is 1. The van der Waals surface area contributed by atoms with Gasteiger partial charge in [-0.05, 0) is 42.3 Å². The van der Waals surface area contributed by atoms with Crippen molar-refractivity contribution in [3.63, 3.8) is 0 Å². The van der Waals surface area contributed by atoms with Gasteiger partial charge in [0.25, 0.3) is 5.91 Å². The van der Waals surface area contributed by atoms with E-state index in [4.69, 9.17) is 4.74 Å². The first-order valence-corrected chi connectivity index (χ1v) is 8.53. The lowest BCUT2D eigenvalue weighted by Crippen LogP contribution is -2.18. The SMILES string of the molecule is COc1ccccc1NC(=O)c1cccc(N2CCc3ccccc32)n1. The number of nitrogens with one attached hydrogen (secondary N) is 1. The minimum absolute atomic E-state index is 0.260. The van der Waals surface area contributed by atoms with Crippen LogP contribution in [0.25, 0.3) is 0 Å². The molecule has 5 heteroatoms. The van der Waals surface area contributed by atoms with Crippen LogP contribution in [0.3, 0.4) is 0 Å². The zero-order chi connectivity index (χ0) is 17.9. The van der Waals surface area contributed by atoms with Gasteiger partial charge in [0, 0.05) is 12.2 Å². The van der Waals surface area contributed by atoms with E-state index < -0.39 is 0 Å². The third-order valence-corrected chi connectivity index (χ3v) is 4.49. The Hall–Kier alpha value is -3.34. The number of amides is 1. The summed E-state index contributed by atoms with van der Waals surface area (Å²) in [6.45, 7) is 0.865. The second kappa shape index (κ2) is 6.88. The van der Waals surface area contributed by atoms with E-state index >= 15 is 0 Å². The number of hydrogen-bond donors (Lipinski definition) is 1. The Labute approximate surface area is 152 Å². The van der Waals surface area contributed by atoms with Crippen LogP contribution in [0, 0.1) is 0 Å². The number of rotatable bonds is 4. The molecule has 0 atom stereocenters. The summed E-state index contributed by atoms with van der Waals surface area (Å²) < 4.78 is 5.28. The molecule has 0 spiro atoms. The molecule has 1 aliphatic heterocycles. The van der Waals surface area contributed by atoms with E-state index in [1.165, 1.54) is 5.56 Å². The van der Waals surface area contributed by atoms with Crippen molar-refractivity contribution in [1.29, 1.82) is 0 Å². The second-order valence-corrected chi connectivity index (χ2v) is 6.07. The van der Waals surface area contributed by atoms with Crippen LogP contribution in [-0.2, 0) is 6.42 Å². The fourth-order valence-corrected chi connectivity index (χ4v) is 3.21. The van der Waals surface area contributed by atoms with Crippen LogP contribution in [0.5, 0.6) is 5.75 Å². The topological polar surface area (TPSA) is 54.5 Å². The van der Waals surface area contributed by atoms with Crippen molar-refractivity contribution in [3.05, 3.63) is 78.0 Å². The van der Waals surface area contributed by atoms with Gasteiger partial charge in [-0.15, -0.1) is 0 Å². The van der Waals surface area contributed by atoms with Crippen molar-refractivity contribution >= 4 is 23.1 Å². The van der Waals surface area contributed by atoms with E-state index in [1.54, 1.807) is 25.3 Å². The highest BCUT2D eigenvalue weighted by atomic mass is 16.5. The van der Waals surface area contributed by atoms with E-state index in [9.17, 15) is 4.79 Å². The Morgan fingerprint density at radius 2 is 1.85 bits per heavy atom. The van der Waals surface area contributed by atoms with E-state index in [2.05, 4.69) is 27.3 Å². The minimum Gasteiger partial charge on any atom is -0.495 e. The summed E-state index contributed by atoms with van der Waals surface area (Å²) in [6, 6.07) is 21.1. The number of carbonyl (C=O) groups is 1. The molecule has 4 rings (SSSR count). The van der Waals surface area contributed by atoms with Gasteiger partial charge < -0.3 is 15.0 Å². The maximum Gasteiger partial charge on any atom is 0.274 e. The summed E-state index contributed by atoms with van der Waals surface area (Å²) in [4.78, 5) is 19.4. The molecule has 1 aromatic heterocycles. The predicted octanol–water partition coefficient (Wildman–Crippen LogP) is 4.04. The molecule has 0 saturated carbocycles. The molecule has 1 N–H and O–H groups in total. The number of fused-ring (bicyclic) bond motifs is 1. The molecule has 1 aliphatic rings. The first-order chi connectivity index (χ1) is 12.8. The molecule has 26 heavy (non-hydrogen) atoms. The van der Waals surface area contributed by atoms with Gasteiger partial charge in [0.15, 0.2) is 0 Å². The van der Waals surface area contributed by atoms with Crippen LogP contribution in [0.4, 0.5) is 17.2 Å². The van der Waals surface area contributed by atoms with Crippen molar-refractivity contribution in [3.8, 4) is 5.75 Å². The Morgan fingerprint density at radius 1 is 1.04 bits per heavy atom. The summed E-state index contributed by atoms with van der Waals surface area (Å²) in [5.41, 5.74) is 3.46. The van der Waals surface area contributed by atoms with Gasteiger partial charge >= 0.3 is 0 Å². The molecule has 0 unspecified atom stereocenters. The zero-order valence-electron chi connectivity index (χ0n) is 14.5. The number of benzene rings is 2. The predicted molar refractivity (Wildman–Crippen MR) is 102 cm³/mol. The van der Waals surface area contributed by atoms with Crippen LogP contribution in [0.2, 0.25) is 0 Å². The summed E-state index contributed by atoms with van der Waals surface area (Å²) in [5.74, 6) is 1.14. The Bertz CT molecular complexity index is 955. The molecular formula is C21H19N3O2. The molecule has 2 heterocycles. The quantitative estimate of drug-likeness (QED) is 0.775. The van der Waals surface area contributed by atoms with Gasteiger partial charge in [-0.3, -0.25) is 4.79 Å². The Morgan fingerprint density at radius 3 is 2.73 bits per heavy atom. The molecule has 1 amide bonds. The van der Waals surface area contributed by atoms with Gasteiger partial charge in [-0.2, -0.15) is 0 Å². The standard InChI is InChI=1S/C21H19N3O2/c1-26-19-11-5-3-8-16(19)23-21(25)17-9-6-12-20(22-17)24-14-13-15-7-2-4-10-18(15)24/h2-12H,13-14H2,1H3,(H,23,25). The smallest absolute Gasteiger partial charge is 0.274 e. The summed E-state index contributed by atoms with van der Waals surface area (Å²) in [7, 11) is 1.58. The largest absolute Gasteiger partial charge is 0.495 e. The van der Waals surface area contributed by atoms with Crippen LogP contribution >= 0.6 is 0 Å². The van der Waals surface area contributed by atoms with Gasteiger partial charge in [0.2, 0.25) is 0 Å². The number of carbonyl (C=O) groups excluding carboxylic acids is 1. The fourth-order valence-electron chi connectivity index (χ4n) is 3.21. The average Bonchev–Trinajstić information content (AvgIpc) is 3.12. The van der Waals surface area contributed by atoms with Gasteiger partial charge in [-0.1, -0.05) is 36.4 Å². The highest BCUT2D eigenvalue weighted by Gasteiger charge is 2.21. The number of methoxy groups -OCH3 is 1. The summed E-state index contributed by atoms with van der Waals surface area (Å²) >= 11 is 0. The van der Waals surface area contributed by atoms with Gasteiger partial charge in [0.1, 0.15) is 17.3 Å². The number of ether oxygens (including phenoxy) is 1. The summed E-state index contributed by atoms with van der Waals surface area (Å²) in [6.07, 6.45) is 0.982. The zero-order valence-corrected chi connectivity index (χ0v) is 14.5. The molecule has 5 nitrogen and oxygen atoms in total. The lowest BCUT2D eigenvalue weighted by atomic mass is 10.2. The van der Waals surface area contributed by atoms with E-state index in [0.29, 0.717) is 17.1 Å². The molecule has 3 aromatic rings. The van der Waals surface area contributed by atoms with Crippen molar-refractivity contribution in [1.82, 2.24) is 4.98 Å². The number of pyridine rings is 1. The van der Waals surface area contributed by atoms with Crippen LogP contribution in [0.1, 0.15) is 16.1 Å². The van der Waals surface area contributed by atoms with Crippen LogP contribution < -0.4 is 15.0 Å². The molecule has 0 radical (unpaired) electrons.